The van der Waals surface area contributed by atoms with Crippen LogP contribution in [0.5, 0.6) is 0 Å². The van der Waals surface area contributed by atoms with Crippen molar-refractivity contribution < 1.29 is 27.5 Å². The van der Waals surface area contributed by atoms with Crippen molar-refractivity contribution in [1.29, 1.82) is 0 Å². The summed E-state index contributed by atoms with van der Waals surface area (Å²) in [6.45, 7) is 3.34. The van der Waals surface area contributed by atoms with Crippen LogP contribution in [0.4, 0.5) is 0 Å². The number of furan rings is 1. The highest BCUT2D eigenvalue weighted by Gasteiger charge is 2.25. The van der Waals surface area contributed by atoms with E-state index in [9.17, 15) is 18.0 Å². The van der Waals surface area contributed by atoms with Gasteiger partial charge in [0.25, 0.3) is 15.9 Å². The van der Waals surface area contributed by atoms with E-state index >= 15 is 0 Å². The van der Waals surface area contributed by atoms with Crippen LogP contribution in [-0.2, 0) is 14.8 Å². The van der Waals surface area contributed by atoms with Crippen LogP contribution in [0.25, 0.3) is 0 Å². The van der Waals surface area contributed by atoms with Crippen molar-refractivity contribution in [2.75, 3.05) is 7.05 Å². The molecule has 0 aliphatic heterocycles. The van der Waals surface area contributed by atoms with E-state index in [4.69, 9.17) is 9.52 Å². The number of nitrogens with one attached hydrogen (secondary N) is 2. The summed E-state index contributed by atoms with van der Waals surface area (Å²) in [5, 5.41) is 10.9. The number of carbonyl (C=O) groups is 2. The highest BCUT2D eigenvalue weighted by molar-refractivity contribution is 7.89. The van der Waals surface area contributed by atoms with Gasteiger partial charge in [-0.25, -0.2) is 13.1 Å². The summed E-state index contributed by atoms with van der Waals surface area (Å²) in [6, 6.07) is 2.41. The minimum atomic E-state index is -3.75. The highest BCUT2D eigenvalue weighted by Crippen LogP contribution is 2.16. The van der Waals surface area contributed by atoms with Gasteiger partial charge in [0, 0.05) is 12.0 Å². The lowest BCUT2D eigenvalue weighted by Crippen LogP contribution is -2.43. The van der Waals surface area contributed by atoms with Gasteiger partial charge >= 0.3 is 5.97 Å². The van der Waals surface area contributed by atoms with Crippen molar-refractivity contribution in [2.24, 2.45) is 0 Å². The van der Waals surface area contributed by atoms with Crippen LogP contribution in [0.1, 0.15) is 37.2 Å². The van der Waals surface area contributed by atoms with Crippen LogP contribution in [-0.4, -0.2) is 38.0 Å². The predicted octanol–water partition coefficient (Wildman–Crippen LogP) is 0.561. The van der Waals surface area contributed by atoms with E-state index < -0.39 is 27.4 Å². The molecular weight excluding hydrogens is 300 g/mol. The van der Waals surface area contributed by atoms with Gasteiger partial charge in [-0.05, 0) is 39.4 Å². The zero-order valence-corrected chi connectivity index (χ0v) is 12.8. The molecule has 0 atom stereocenters. The Morgan fingerprint density at radius 2 is 1.95 bits per heavy atom. The third-order valence-electron chi connectivity index (χ3n) is 2.75. The first kappa shape index (κ1) is 17.2. The molecule has 0 spiro atoms. The molecule has 3 N–H and O–H groups in total. The van der Waals surface area contributed by atoms with E-state index in [0.29, 0.717) is 0 Å². The Balaban J connectivity index is 2.79. The van der Waals surface area contributed by atoms with E-state index in [1.165, 1.54) is 19.2 Å². The van der Waals surface area contributed by atoms with Gasteiger partial charge in [0.15, 0.2) is 5.76 Å². The van der Waals surface area contributed by atoms with Crippen LogP contribution >= 0.6 is 0 Å². The lowest BCUT2D eigenvalue weighted by molar-refractivity contribution is -0.137. The quantitative estimate of drug-likeness (QED) is 0.674. The van der Waals surface area contributed by atoms with Gasteiger partial charge < -0.3 is 14.8 Å². The second kappa shape index (κ2) is 6.27. The topological polar surface area (TPSA) is 126 Å². The summed E-state index contributed by atoms with van der Waals surface area (Å²) in [4.78, 5) is 22.5. The maximum absolute atomic E-state index is 12.0. The van der Waals surface area contributed by atoms with Crippen molar-refractivity contribution >= 4 is 21.9 Å². The molecule has 1 aromatic rings. The molecule has 0 saturated carbocycles. The van der Waals surface area contributed by atoms with E-state index in [1.807, 2.05) is 0 Å². The Bertz CT molecular complexity index is 632. The smallest absolute Gasteiger partial charge is 0.303 e. The second-order valence-corrected chi connectivity index (χ2v) is 6.88. The molecule has 0 saturated heterocycles. The fraction of sp³-hybridized carbons (Fsp3) is 0.500. The fourth-order valence-electron chi connectivity index (χ4n) is 1.54. The molecule has 1 amide bonds. The number of carbonyl (C=O) groups excluding carboxylic acids is 1. The number of hydrogen-bond donors (Lipinski definition) is 3. The maximum Gasteiger partial charge on any atom is 0.303 e. The standard InChI is InChI=1S/C12H18N2O6S/c1-12(2,7-6-9(15)16)14-11(17)8-4-5-10(20-8)21(18,19)13-3/h4-5,13H,6-7H2,1-3H3,(H,14,17)(H,15,16). The second-order valence-electron chi connectivity index (χ2n) is 5.06. The molecule has 0 unspecified atom stereocenters. The molecule has 1 heterocycles. The third-order valence-corrected chi connectivity index (χ3v) is 4.04. The van der Waals surface area contributed by atoms with Gasteiger partial charge in [-0.1, -0.05) is 0 Å². The molecule has 21 heavy (non-hydrogen) atoms. The maximum atomic E-state index is 12.0. The normalized spacial score (nSPS) is 12.1. The first-order valence-corrected chi connectivity index (χ1v) is 7.63. The minimum absolute atomic E-state index is 0.0924. The summed E-state index contributed by atoms with van der Waals surface area (Å²) < 4.78 is 30.1. The van der Waals surface area contributed by atoms with Crippen LogP contribution in [0.2, 0.25) is 0 Å². The Labute approximate surface area is 122 Å². The number of aliphatic carboxylic acids is 1. The van der Waals surface area contributed by atoms with Crippen molar-refractivity contribution in [1.82, 2.24) is 10.0 Å². The lowest BCUT2D eigenvalue weighted by atomic mass is 9.98. The largest absolute Gasteiger partial charge is 0.481 e. The van der Waals surface area contributed by atoms with E-state index in [1.54, 1.807) is 13.8 Å². The molecule has 1 aromatic heterocycles. The van der Waals surface area contributed by atoms with Crippen molar-refractivity contribution in [3.05, 3.63) is 17.9 Å². The molecule has 0 radical (unpaired) electrons. The van der Waals surface area contributed by atoms with Gasteiger partial charge in [0.2, 0.25) is 5.09 Å². The van der Waals surface area contributed by atoms with Crippen LogP contribution in [0.15, 0.2) is 21.6 Å². The van der Waals surface area contributed by atoms with Crippen molar-refractivity contribution in [3.63, 3.8) is 0 Å². The summed E-state index contributed by atoms with van der Waals surface area (Å²) in [5.74, 6) is -1.73. The zero-order valence-electron chi connectivity index (χ0n) is 12.0. The Hall–Kier alpha value is -1.87. The number of carboxylic acids is 1. The predicted molar refractivity (Wildman–Crippen MR) is 73.4 cm³/mol. The number of amides is 1. The molecule has 0 bridgehead atoms. The zero-order chi connectivity index (χ0) is 16.3. The van der Waals surface area contributed by atoms with Crippen LogP contribution < -0.4 is 10.0 Å². The Morgan fingerprint density at radius 1 is 1.33 bits per heavy atom. The summed E-state index contributed by atoms with van der Waals surface area (Å²) in [5.41, 5.74) is -0.760. The summed E-state index contributed by atoms with van der Waals surface area (Å²) in [6.07, 6.45) is 0.140. The molecular formula is C12H18N2O6S. The van der Waals surface area contributed by atoms with Crippen molar-refractivity contribution in [2.45, 2.75) is 37.3 Å². The van der Waals surface area contributed by atoms with Crippen LogP contribution in [0, 0.1) is 0 Å². The minimum Gasteiger partial charge on any atom is -0.481 e. The number of rotatable bonds is 7. The molecule has 1 rings (SSSR count). The monoisotopic (exact) mass is 318 g/mol. The molecule has 0 aliphatic carbocycles. The first-order valence-electron chi connectivity index (χ1n) is 6.15. The average molecular weight is 318 g/mol. The number of carboxylic acid groups (broad SMARTS) is 1. The third kappa shape index (κ3) is 4.87. The van der Waals surface area contributed by atoms with E-state index in [-0.39, 0.29) is 23.7 Å². The van der Waals surface area contributed by atoms with Gasteiger partial charge in [-0.2, -0.15) is 0 Å². The Morgan fingerprint density at radius 3 is 2.48 bits per heavy atom. The van der Waals surface area contributed by atoms with Gasteiger partial charge in [0.05, 0.1) is 0 Å². The van der Waals surface area contributed by atoms with Gasteiger partial charge in [-0.15, -0.1) is 0 Å². The van der Waals surface area contributed by atoms with Crippen LogP contribution in [0.3, 0.4) is 0 Å². The summed E-state index contributed by atoms with van der Waals surface area (Å²) >= 11 is 0. The lowest BCUT2D eigenvalue weighted by Gasteiger charge is -2.24. The molecule has 0 aliphatic rings. The molecule has 0 aromatic carbocycles. The highest BCUT2D eigenvalue weighted by atomic mass is 32.2. The van der Waals surface area contributed by atoms with E-state index in [2.05, 4.69) is 10.0 Å². The molecule has 0 fully saturated rings. The SMILES string of the molecule is CNS(=O)(=O)c1ccc(C(=O)NC(C)(C)CCC(=O)O)o1. The van der Waals surface area contributed by atoms with Crippen molar-refractivity contribution in [3.8, 4) is 0 Å². The number of sulfonamides is 1. The molecule has 118 valence electrons. The number of hydrogen-bond acceptors (Lipinski definition) is 5. The van der Waals surface area contributed by atoms with E-state index in [0.717, 1.165) is 0 Å². The molecule has 9 heteroatoms. The summed E-state index contributed by atoms with van der Waals surface area (Å²) in [7, 11) is -2.52. The molecule has 8 nitrogen and oxygen atoms in total. The fourth-order valence-corrected chi connectivity index (χ4v) is 2.19. The Kier molecular flexibility index (Phi) is 5.13. The first-order chi connectivity index (χ1) is 9.57. The average Bonchev–Trinajstić information content (AvgIpc) is 2.86. The van der Waals surface area contributed by atoms with Gasteiger partial charge in [-0.3, -0.25) is 9.59 Å². The van der Waals surface area contributed by atoms with Gasteiger partial charge in [0.1, 0.15) is 0 Å².